The van der Waals surface area contributed by atoms with Gasteiger partial charge >= 0.3 is 0 Å². The maximum Gasteiger partial charge on any atom is 0.236 e. The first kappa shape index (κ1) is 22.3. The Labute approximate surface area is 193 Å². The summed E-state index contributed by atoms with van der Waals surface area (Å²) in [6.45, 7) is 1.53. The topological polar surface area (TPSA) is 103 Å². The first-order valence-electron chi connectivity index (χ1n) is 11.0. The average molecular weight is 457 g/mol. The molecule has 2 aromatic rings. The summed E-state index contributed by atoms with van der Waals surface area (Å²) >= 11 is 6.46. The Kier molecular flexibility index (Phi) is 6.51. The van der Waals surface area contributed by atoms with Gasteiger partial charge in [-0.1, -0.05) is 11.6 Å². The van der Waals surface area contributed by atoms with Crippen molar-refractivity contribution in [2.45, 2.75) is 51.0 Å². The van der Waals surface area contributed by atoms with Crippen molar-refractivity contribution in [3.63, 3.8) is 0 Å². The number of rotatable bonds is 5. The van der Waals surface area contributed by atoms with E-state index in [1.165, 1.54) is 0 Å². The van der Waals surface area contributed by atoms with E-state index in [4.69, 9.17) is 16.9 Å². The van der Waals surface area contributed by atoms with E-state index in [1.807, 2.05) is 31.3 Å². The van der Waals surface area contributed by atoms with Crippen LogP contribution in [0, 0.1) is 16.7 Å². The lowest BCUT2D eigenvalue weighted by Crippen LogP contribution is -2.46. The molecule has 4 rings (SSSR count). The van der Waals surface area contributed by atoms with E-state index in [1.54, 1.807) is 17.1 Å². The Bertz CT molecular complexity index is 998. The predicted molar refractivity (Wildman–Crippen MR) is 123 cm³/mol. The van der Waals surface area contributed by atoms with Gasteiger partial charge in [-0.25, -0.2) is 4.98 Å². The fourth-order valence-electron chi connectivity index (χ4n) is 4.97. The molecule has 10 heteroatoms. The zero-order chi connectivity index (χ0) is 22.7. The number of anilines is 3. The van der Waals surface area contributed by atoms with Gasteiger partial charge in [-0.3, -0.25) is 9.48 Å². The van der Waals surface area contributed by atoms with Crippen LogP contribution < -0.4 is 10.2 Å². The van der Waals surface area contributed by atoms with Crippen LogP contribution in [0.5, 0.6) is 0 Å². The minimum atomic E-state index is -0.0372. The number of nitrogens with zero attached hydrogens (tertiary/aromatic N) is 7. The summed E-state index contributed by atoms with van der Waals surface area (Å²) < 4.78 is 1.72. The summed E-state index contributed by atoms with van der Waals surface area (Å²) in [6.07, 6.45) is 11.6. The number of likely N-dealkylation sites (tertiary alicyclic amines) is 1. The fraction of sp³-hybridized carbons (Fsp3) is 0.591. The van der Waals surface area contributed by atoms with Crippen LogP contribution in [0.25, 0.3) is 0 Å². The Balaban J connectivity index is 1.36. The molecule has 1 saturated carbocycles. The Hall–Kier alpha value is -2.86. The number of piperidine rings is 1. The van der Waals surface area contributed by atoms with Gasteiger partial charge in [0, 0.05) is 39.4 Å². The zero-order valence-electron chi connectivity index (χ0n) is 18.6. The van der Waals surface area contributed by atoms with Crippen molar-refractivity contribution in [2.75, 3.05) is 30.4 Å². The SMILES string of the molecule is CN(c1nc(Nc2cnn(C)c2)ncc1Cl)C1CCC2(CC1)CCN(C(=O)CC#N)CC2. The minimum absolute atomic E-state index is 0.0167. The summed E-state index contributed by atoms with van der Waals surface area (Å²) in [5, 5.41) is 16.6. The van der Waals surface area contributed by atoms with Gasteiger partial charge < -0.3 is 15.1 Å². The molecule has 3 heterocycles. The van der Waals surface area contributed by atoms with Crippen molar-refractivity contribution in [1.82, 2.24) is 24.6 Å². The van der Waals surface area contributed by atoms with Gasteiger partial charge in [0.25, 0.3) is 0 Å². The molecule has 0 aromatic carbocycles. The van der Waals surface area contributed by atoms with Crippen LogP contribution >= 0.6 is 11.6 Å². The number of halogens is 1. The number of carbonyl (C=O) groups is 1. The number of carbonyl (C=O) groups excluding carboxylic acids is 1. The molecular formula is C22H29ClN8O. The predicted octanol–water partition coefficient (Wildman–Crippen LogP) is 3.51. The van der Waals surface area contributed by atoms with E-state index in [0.29, 0.717) is 22.4 Å². The maximum atomic E-state index is 12.0. The van der Waals surface area contributed by atoms with Gasteiger partial charge in [-0.2, -0.15) is 15.3 Å². The van der Waals surface area contributed by atoms with Gasteiger partial charge in [-0.15, -0.1) is 0 Å². The van der Waals surface area contributed by atoms with E-state index >= 15 is 0 Å². The number of aromatic nitrogens is 4. The van der Waals surface area contributed by atoms with Crippen molar-refractivity contribution in [3.8, 4) is 6.07 Å². The molecule has 170 valence electrons. The third-order valence-electron chi connectivity index (χ3n) is 6.99. The lowest BCUT2D eigenvalue weighted by molar-refractivity contribution is -0.132. The number of hydrogen-bond acceptors (Lipinski definition) is 7. The van der Waals surface area contributed by atoms with Crippen LogP contribution in [0.4, 0.5) is 17.5 Å². The molecule has 9 nitrogen and oxygen atoms in total. The largest absolute Gasteiger partial charge is 0.355 e. The molecule has 1 N–H and O–H groups in total. The molecular weight excluding hydrogens is 428 g/mol. The van der Waals surface area contributed by atoms with E-state index in [2.05, 4.69) is 25.3 Å². The second kappa shape index (κ2) is 9.33. The van der Waals surface area contributed by atoms with E-state index < -0.39 is 0 Å². The highest BCUT2D eigenvalue weighted by Gasteiger charge is 2.40. The third kappa shape index (κ3) is 4.80. The quantitative estimate of drug-likeness (QED) is 0.734. The standard InChI is InChI=1S/C22H29ClN8O/c1-29-15-16(13-26-29)27-21-25-14-18(23)20(28-21)30(2)17-3-6-22(7-4-17)8-11-31(12-9-22)19(32)5-10-24/h13-15,17H,3-9,11-12H2,1-2H3,(H,25,27,28). The number of aryl methyl sites for hydroxylation is 1. The van der Waals surface area contributed by atoms with E-state index in [-0.39, 0.29) is 12.3 Å². The summed E-state index contributed by atoms with van der Waals surface area (Å²) in [7, 11) is 3.91. The fourth-order valence-corrected chi connectivity index (χ4v) is 5.19. The van der Waals surface area contributed by atoms with Gasteiger partial charge in [0.15, 0.2) is 5.82 Å². The Morgan fingerprint density at radius 1 is 1.31 bits per heavy atom. The summed E-state index contributed by atoms with van der Waals surface area (Å²) in [6, 6.07) is 2.32. The van der Waals surface area contributed by atoms with Crippen molar-refractivity contribution in [3.05, 3.63) is 23.6 Å². The molecule has 1 amide bonds. The molecule has 2 aliphatic rings. The molecule has 1 aliphatic carbocycles. The first-order valence-corrected chi connectivity index (χ1v) is 11.4. The summed E-state index contributed by atoms with van der Waals surface area (Å²) in [5.41, 5.74) is 1.13. The molecule has 32 heavy (non-hydrogen) atoms. The maximum absolute atomic E-state index is 12.0. The normalized spacial score (nSPS) is 18.4. The smallest absolute Gasteiger partial charge is 0.236 e. The third-order valence-corrected chi connectivity index (χ3v) is 7.26. The van der Waals surface area contributed by atoms with E-state index in [9.17, 15) is 4.79 Å². The lowest BCUT2D eigenvalue weighted by Gasteiger charge is -2.47. The van der Waals surface area contributed by atoms with Gasteiger partial charge in [0.1, 0.15) is 11.4 Å². The molecule has 1 aliphatic heterocycles. The molecule has 2 aromatic heterocycles. The zero-order valence-corrected chi connectivity index (χ0v) is 19.3. The highest BCUT2D eigenvalue weighted by atomic mass is 35.5. The average Bonchev–Trinajstić information content (AvgIpc) is 3.20. The monoisotopic (exact) mass is 456 g/mol. The highest BCUT2D eigenvalue weighted by molar-refractivity contribution is 6.32. The summed E-state index contributed by atoms with van der Waals surface area (Å²) in [4.78, 5) is 25.0. The Morgan fingerprint density at radius 2 is 2.03 bits per heavy atom. The van der Waals surface area contributed by atoms with Crippen LogP contribution in [-0.2, 0) is 11.8 Å². The first-order chi connectivity index (χ1) is 15.4. The number of nitrogens with one attached hydrogen (secondary N) is 1. The van der Waals surface area contributed by atoms with Crippen LogP contribution in [-0.4, -0.2) is 56.7 Å². The second-order valence-electron chi connectivity index (χ2n) is 8.95. The molecule has 1 saturated heterocycles. The summed E-state index contributed by atoms with van der Waals surface area (Å²) in [5.74, 6) is 1.18. The van der Waals surface area contributed by atoms with Crippen molar-refractivity contribution in [2.24, 2.45) is 12.5 Å². The molecule has 1 spiro atoms. The van der Waals surface area contributed by atoms with Crippen LogP contribution in [0.1, 0.15) is 44.9 Å². The minimum Gasteiger partial charge on any atom is -0.355 e. The van der Waals surface area contributed by atoms with Gasteiger partial charge in [0.2, 0.25) is 11.9 Å². The highest BCUT2D eigenvalue weighted by Crippen LogP contribution is 2.46. The van der Waals surface area contributed by atoms with Gasteiger partial charge in [-0.05, 0) is 43.9 Å². The van der Waals surface area contributed by atoms with Crippen LogP contribution in [0.2, 0.25) is 5.02 Å². The Morgan fingerprint density at radius 3 is 2.66 bits per heavy atom. The molecule has 0 unspecified atom stereocenters. The second-order valence-corrected chi connectivity index (χ2v) is 9.36. The van der Waals surface area contributed by atoms with Crippen LogP contribution in [0.3, 0.4) is 0 Å². The number of nitriles is 1. The van der Waals surface area contributed by atoms with E-state index in [0.717, 1.165) is 63.1 Å². The van der Waals surface area contributed by atoms with Crippen molar-refractivity contribution in [1.29, 1.82) is 5.26 Å². The molecule has 2 fully saturated rings. The number of hydrogen-bond donors (Lipinski definition) is 1. The van der Waals surface area contributed by atoms with Crippen molar-refractivity contribution < 1.29 is 4.79 Å². The molecule has 0 bridgehead atoms. The lowest BCUT2D eigenvalue weighted by atomic mass is 9.66. The molecule has 0 atom stereocenters. The van der Waals surface area contributed by atoms with Crippen LogP contribution in [0.15, 0.2) is 18.6 Å². The van der Waals surface area contributed by atoms with Gasteiger partial charge in [0.05, 0.1) is 24.2 Å². The molecule has 0 radical (unpaired) electrons. The number of amides is 1. The van der Waals surface area contributed by atoms with Crippen molar-refractivity contribution >= 4 is 35.0 Å².